The highest BCUT2D eigenvalue weighted by Crippen LogP contribution is 2.22. The molecule has 5 nitrogen and oxygen atoms in total. The van der Waals surface area contributed by atoms with Crippen LogP contribution in [-0.2, 0) is 4.74 Å². The first-order valence-corrected chi connectivity index (χ1v) is 5.10. The minimum absolute atomic E-state index is 0.146. The van der Waals surface area contributed by atoms with Gasteiger partial charge in [0.25, 0.3) is 0 Å². The molecule has 0 aliphatic carbocycles. The van der Waals surface area contributed by atoms with Gasteiger partial charge in [0.05, 0.1) is 31.1 Å². The molecule has 0 atom stereocenters. The molecule has 0 spiro atoms. The second kappa shape index (κ2) is 5.97. The first-order chi connectivity index (χ1) is 7.70. The lowest BCUT2D eigenvalue weighted by Gasteiger charge is -2.22. The summed E-state index contributed by atoms with van der Waals surface area (Å²) in [5, 5.41) is 8.92. The van der Waals surface area contributed by atoms with E-state index < -0.39 is 6.09 Å². The number of para-hydroxylation sites is 2. The van der Waals surface area contributed by atoms with Crippen LogP contribution in [0.2, 0.25) is 0 Å². The van der Waals surface area contributed by atoms with Crippen molar-refractivity contribution < 1.29 is 14.6 Å². The lowest BCUT2D eigenvalue weighted by atomic mass is 10.2. The Balaban J connectivity index is 2.93. The van der Waals surface area contributed by atoms with Gasteiger partial charge in [-0.25, -0.2) is 4.79 Å². The van der Waals surface area contributed by atoms with Crippen molar-refractivity contribution >= 4 is 17.5 Å². The number of anilines is 2. The van der Waals surface area contributed by atoms with E-state index >= 15 is 0 Å². The average molecular weight is 224 g/mol. The normalized spacial score (nSPS) is 9.88. The minimum atomic E-state index is -0.505. The third-order valence-electron chi connectivity index (χ3n) is 2.04. The van der Waals surface area contributed by atoms with Crippen molar-refractivity contribution in [2.45, 2.75) is 6.92 Å². The fraction of sp³-hybridized carbons (Fsp3) is 0.364. The van der Waals surface area contributed by atoms with E-state index in [-0.39, 0.29) is 19.8 Å². The molecule has 0 saturated carbocycles. The zero-order valence-electron chi connectivity index (χ0n) is 9.22. The maximum atomic E-state index is 11.6. The van der Waals surface area contributed by atoms with Gasteiger partial charge in [0.1, 0.15) is 0 Å². The summed E-state index contributed by atoms with van der Waals surface area (Å²) in [6.45, 7) is 2.02. The van der Waals surface area contributed by atoms with Crippen LogP contribution >= 0.6 is 0 Å². The van der Waals surface area contributed by atoms with Gasteiger partial charge in [-0.3, -0.25) is 4.90 Å². The smallest absolute Gasteiger partial charge is 0.414 e. The Morgan fingerprint density at radius 3 is 2.75 bits per heavy atom. The third kappa shape index (κ3) is 2.87. The molecule has 0 saturated heterocycles. The van der Waals surface area contributed by atoms with Crippen LogP contribution in [0.5, 0.6) is 0 Å². The monoisotopic (exact) mass is 224 g/mol. The quantitative estimate of drug-likeness (QED) is 0.754. The van der Waals surface area contributed by atoms with Gasteiger partial charge in [0.2, 0.25) is 0 Å². The number of amides is 1. The van der Waals surface area contributed by atoms with Crippen LogP contribution in [0.15, 0.2) is 24.3 Å². The molecule has 1 aromatic carbocycles. The lowest BCUT2D eigenvalue weighted by molar-refractivity contribution is 0.157. The predicted octanol–water partition coefficient (Wildman–Crippen LogP) is 1.22. The number of carbonyl (C=O) groups excluding carboxylic acids is 1. The molecule has 0 aliphatic heterocycles. The summed E-state index contributed by atoms with van der Waals surface area (Å²) in [5.41, 5.74) is 6.78. The van der Waals surface area contributed by atoms with Gasteiger partial charge in [-0.1, -0.05) is 12.1 Å². The highest BCUT2D eigenvalue weighted by molar-refractivity contribution is 5.91. The van der Waals surface area contributed by atoms with Crippen LogP contribution in [0.1, 0.15) is 6.92 Å². The molecule has 1 amide bonds. The second-order valence-electron chi connectivity index (χ2n) is 3.13. The molecular weight excluding hydrogens is 208 g/mol. The molecular formula is C11H16N2O3. The van der Waals surface area contributed by atoms with Crippen molar-refractivity contribution in [3.05, 3.63) is 24.3 Å². The molecule has 16 heavy (non-hydrogen) atoms. The summed E-state index contributed by atoms with van der Waals surface area (Å²) < 4.78 is 4.89. The summed E-state index contributed by atoms with van der Waals surface area (Å²) in [4.78, 5) is 12.9. The Kier molecular flexibility index (Phi) is 4.60. The van der Waals surface area contributed by atoms with E-state index in [9.17, 15) is 4.79 Å². The zero-order chi connectivity index (χ0) is 12.0. The van der Waals surface area contributed by atoms with Crippen LogP contribution in [-0.4, -0.2) is 31.0 Å². The summed E-state index contributed by atoms with van der Waals surface area (Å²) in [7, 11) is 0. The molecule has 0 bridgehead atoms. The van der Waals surface area contributed by atoms with E-state index in [1.54, 1.807) is 31.2 Å². The molecule has 0 fully saturated rings. The fourth-order valence-corrected chi connectivity index (χ4v) is 1.34. The number of hydrogen-bond acceptors (Lipinski definition) is 4. The van der Waals surface area contributed by atoms with Gasteiger partial charge in [-0.2, -0.15) is 0 Å². The predicted molar refractivity (Wildman–Crippen MR) is 62.3 cm³/mol. The summed E-state index contributed by atoms with van der Waals surface area (Å²) >= 11 is 0. The first-order valence-electron chi connectivity index (χ1n) is 5.10. The van der Waals surface area contributed by atoms with Gasteiger partial charge in [0.15, 0.2) is 0 Å². The number of carbonyl (C=O) groups is 1. The molecule has 5 heteroatoms. The Hall–Kier alpha value is -1.75. The number of nitrogens with zero attached hydrogens (tertiary/aromatic N) is 1. The number of aliphatic hydroxyl groups is 1. The van der Waals surface area contributed by atoms with Crippen molar-refractivity contribution in [1.82, 2.24) is 0 Å². The molecule has 3 N–H and O–H groups in total. The SMILES string of the molecule is CCOC(=O)N(CCO)c1ccccc1N. The Morgan fingerprint density at radius 2 is 2.19 bits per heavy atom. The van der Waals surface area contributed by atoms with Gasteiger partial charge < -0.3 is 15.6 Å². The fourth-order valence-electron chi connectivity index (χ4n) is 1.34. The van der Waals surface area contributed by atoms with E-state index in [1.165, 1.54) is 4.90 Å². The molecule has 88 valence electrons. The first kappa shape index (κ1) is 12.3. The van der Waals surface area contributed by atoms with Crippen molar-refractivity contribution in [3.8, 4) is 0 Å². The minimum Gasteiger partial charge on any atom is -0.449 e. The van der Waals surface area contributed by atoms with Crippen molar-refractivity contribution in [2.75, 3.05) is 30.4 Å². The summed E-state index contributed by atoms with van der Waals surface area (Å²) in [6.07, 6.45) is -0.505. The van der Waals surface area contributed by atoms with Crippen molar-refractivity contribution in [3.63, 3.8) is 0 Å². The Bertz CT molecular complexity index is 355. The van der Waals surface area contributed by atoms with E-state index in [0.717, 1.165) is 0 Å². The van der Waals surface area contributed by atoms with Crippen molar-refractivity contribution in [1.29, 1.82) is 0 Å². The Morgan fingerprint density at radius 1 is 1.50 bits per heavy atom. The maximum Gasteiger partial charge on any atom is 0.414 e. The summed E-state index contributed by atoms with van der Waals surface area (Å²) in [6, 6.07) is 6.96. The molecule has 0 heterocycles. The van der Waals surface area contributed by atoms with Gasteiger partial charge in [-0.15, -0.1) is 0 Å². The number of ether oxygens (including phenoxy) is 1. The van der Waals surface area contributed by atoms with Crippen LogP contribution in [0.25, 0.3) is 0 Å². The third-order valence-corrected chi connectivity index (χ3v) is 2.04. The molecule has 0 radical (unpaired) electrons. The number of rotatable bonds is 4. The van der Waals surface area contributed by atoms with Gasteiger partial charge in [0, 0.05) is 0 Å². The van der Waals surface area contributed by atoms with Crippen LogP contribution in [0.4, 0.5) is 16.2 Å². The Labute approximate surface area is 94.4 Å². The zero-order valence-corrected chi connectivity index (χ0v) is 9.22. The number of benzene rings is 1. The van der Waals surface area contributed by atoms with E-state index in [2.05, 4.69) is 0 Å². The highest BCUT2D eigenvalue weighted by Gasteiger charge is 2.17. The largest absolute Gasteiger partial charge is 0.449 e. The topological polar surface area (TPSA) is 75.8 Å². The number of aliphatic hydroxyl groups excluding tert-OH is 1. The van der Waals surface area contributed by atoms with Crippen LogP contribution in [0, 0.1) is 0 Å². The molecule has 0 aliphatic rings. The standard InChI is InChI=1S/C11H16N2O3/c1-2-16-11(15)13(7-8-14)10-6-4-3-5-9(10)12/h3-6,14H,2,7-8,12H2,1H3. The van der Waals surface area contributed by atoms with E-state index in [4.69, 9.17) is 15.6 Å². The van der Waals surface area contributed by atoms with Crippen LogP contribution < -0.4 is 10.6 Å². The van der Waals surface area contributed by atoms with Crippen molar-refractivity contribution in [2.24, 2.45) is 0 Å². The maximum absolute atomic E-state index is 11.6. The summed E-state index contributed by atoms with van der Waals surface area (Å²) in [5.74, 6) is 0. The molecule has 1 aromatic rings. The van der Waals surface area contributed by atoms with Gasteiger partial charge in [-0.05, 0) is 19.1 Å². The van der Waals surface area contributed by atoms with E-state index in [1.807, 2.05) is 0 Å². The van der Waals surface area contributed by atoms with E-state index in [0.29, 0.717) is 11.4 Å². The highest BCUT2D eigenvalue weighted by atomic mass is 16.6. The van der Waals surface area contributed by atoms with Crippen LogP contribution in [0.3, 0.4) is 0 Å². The second-order valence-corrected chi connectivity index (χ2v) is 3.13. The molecule has 1 rings (SSSR count). The molecule has 0 aromatic heterocycles. The number of nitrogens with two attached hydrogens (primary N) is 1. The number of hydrogen-bond donors (Lipinski definition) is 2. The average Bonchev–Trinajstić information content (AvgIpc) is 2.27. The lowest BCUT2D eigenvalue weighted by Crippen LogP contribution is -2.34. The molecule has 0 unspecified atom stereocenters. The number of nitrogen functional groups attached to an aromatic ring is 1. The van der Waals surface area contributed by atoms with Gasteiger partial charge >= 0.3 is 6.09 Å².